The molecule has 254 valence electrons. The Labute approximate surface area is 316 Å². The topological polar surface area (TPSA) is 62.4 Å². The lowest BCUT2D eigenvalue weighted by molar-refractivity contribution is 1.16. The molecule has 3 heterocycles. The van der Waals surface area contributed by atoms with Gasteiger partial charge in [0.2, 0.25) is 0 Å². The molecule has 0 aliphatic rings. The zero-order valence-electron chi connectivity index (χ0n) is 29.5. The van der Waals surface area contributed by atoms with Crippen LogP contribution in [-0.4, -0.2) is 13.7 Å². The summed E-state index contributed by atoms with van der Waals surface area (Å²) in [5, 5.41) is 27.3. The van der Waals surface area contributed by atoms with Gasteiger partial charge >= 0.3 is 0 Å². The number of nitriles is 2. The third kappa shape index (κ3) is 4.51. The van der Waals surface area contributed by atoms with Crippen molar-refractivity contribution in [3.8, 4) is 40.3 Å². The van der Waals surface area contributed by atoms with Gasteiger partial charge in [-0.3, -0.25) is 0 Å². The first-order valence-electron chi connectivity index (χ1n) is 18.3. The fraction of sp³-hybridized carbons (Fsp3) is 0. The van der Waals surface area contributed by atoms with Crippen molar-refractivity contribution in [2.24, 2.45) is 0 Å². The molecule has 0 fully saturated rings. The first-order valence-corrected chi connectivity index (χ1v) is 18.3. The molecule has 0 radical (unpaired) electrons. The van der Waals surface area contributed by atoms with E-state index < -0.39 is 0 Å². The van der Waals surface area contributed by atoms with Crippen LogP contribution < -0.4 is 0 Å². The number of para-hydroxylation sites is 5. The molecule has 0 spiro atoms. The number of rotatable bonds is 4. The first-order chi connectivity index (χ1) is 27.2. The lowest BCUT2D eigenvalue weighted by Gasteiger charge is -2.13. The van der Waals surface area contributed by atoms with Gasteiger partial charge in [-0.2, -0.15) is 10.5 Å². The first kappa shape index (κ1) is 30.7. The van der Waals surface area contributed by atoms with Gasteiger partial charge in [-0.25, -0.2) is 0 Å². The highest BCUT2D eigenvalue weighted by Crippen LogP contribution is 2.39. The molecule has 0 aliphatic carbocycles. The Balaban J connectivity index is 1.05. The van der Waals surface area contributed by atoms with Crippen molar-refractivity contribution < 1.29 is 0 Å². The van der Waals surface area contributed by atoms with Gasteiger partial charge in [0.05, 0.1) is 50.3 Å². The van der Waals surface area contributed by atoms with Crippen LogP contribution in [0.2, 0.25) is 0 Å². The Morgan fingerprint density at radius 2 is 0.836 bits per heavy atom. The third-order valence-electron chi connectivity index (χ3n) is 11.1. The standard InChI is InChI=1S/C50H29N5/c51-30-32-26-35(28-38(27-32)55-48-19-8-3-13-41(48)43-15-9-10-34(31-52)50(43)55)33-20-22-36(23-21-33)53-47-18-7-4-14-42(47)44-29-37(24-25-49(44)53)54-45-16-5-1-11-39(45)40-12-2-6-17-46(40)54/h1-29H. The number of nitrogens with zero attached hydrogens (tertiary/aromatic N) is 5. The lowest BCUT2D eigenvalue weighted by atomic mass is 10.0. The highest BCUT2D eigenvalue weighted by Gasteiger charge is 2.18. The monoisotopic (exact) mass is 699 g/mol. The van der Waals surface area contributed by atoms with Crippen LogP contribution in [0, 0.1) is 22.7 Å². The second kappa shape index (κ2) is 11.8. The molecule has 8 aromatic carbocycles. The summed E-state index contributed by atoms with van der Waals surface area (Å²) in [6, 6.07) is 66.0. The number of benzene rings is 8. The summed E-state index contributed by atoms with van der Waals surface area (Å²) in [5.41, 5.74) is 12.6. The van der Waals surface area contributed by atoms with Gasteiger partial charge < -0.3 is 13.7 Å². The van der Waals surface area contributed by atoms with Gasteiger partial charge in [-0.05, 0) is 90.0 Å². The van der Waals surface area contributed by atoms with E-state index in [2.05, 4.69) is 165 Å². The van der Waals surface area contributed by atoms with E-state index in [1.165, 1.54) is 32.6 Å². The summed E-state index contributed by atoms with van der Waals surface area (Å²) >= 11 is 0. The summed E-state index contributed by atoms with van der Waals surface area (Å²) in [4.78, 5) is 0. The molecule has 0 saturated carbocycles. The summed E-state index contributed by atoms with van der Waals surface area (Å²) in [7, 11) is 0. The maximum atomic E-state index is 10.2. The summed E-state index contributed by atoms with van der Waals surface area (Å²) in [5.74, 6) is 0. The van der Waals surface area contributed by atoms with E-state index in [4.69, 9.17) is 0 Å². The SMILES string of the molecule is N#Cc1cc(-c2ccc(-n3c4ccccc4c4cc(-n5c6ccccc6c6ccccc65)ccc43)cc2)cc(-n2c3ccccc3c3cccc(C#N)c32)c1. The van der Waals surface area contributed by atoms with E-state index in [0.29, 0.717) is 11.1 Å². The Morgan fingerprint density at radius 1 is 0.327 bits per heavy atom. The third-order valence-corrected chi connectivity index (χ3v) is 11.1. The van der Waals surface area contributed by atoms with Gasteiger partial charge in [0.25, 0.3) is 0 Å². The quantitative estimate of drug-likeness (QED) is 0.184. The fourth-order valence-corrected chi connectivity index (χ4v) is 8.73. The average molecular weight is 700 g/mol. The fourth-order valence-electron chi connectivity index (χ4n) is 8.73. The smallest absolute Gasteiger partial charge is 0.101 e. The maximum Gasteiger partial charge on any atom is 0.101 e. The van der Waals surface area contributed by atoms with Crippen LogP contribution in [0.3, 0.4) is 0 Å². The Kier molecular flexibility index (Phi) is 6.61. The van der Waals surface area contributed by atoms with Gasteiger partial charge in [0.1, 0.15) is 6.07 Å². The van der Waals surface area contributed by atoms with Crippen LogP contribution in [0.4, 0.5) is 0 Å². The number of hydrogen-bond donors (Lipinski definition) is 0. The molecule has 0 bridgehead atoms. The van der Waals surface area contributed by atoms with Crippen LogP contribution in [0.5, 0.6) is 0 Å². The molecule has 0 amide bonds. The molecule has 3 aromatic heterocycles. The number of hydrogen-bond acceptors (Lipinski definition) is 2. The molecule has 0 unspecified atom stereocenters. The van der Waals surface area contributed by atoms with Crippen LogP contribution >= 0.6 is 0 Å². The van der Waals surface area contributed by atoms with Crippen LogP contribution in [0.15, 0.2) is 176 Å². The van der Waals surface area contributed by atoms with Crippen molar-refractivity contribution in [1.82, 2.24) is 13.7 Å². The lowest BCUT2D eigenvalue weighted by Crippen LogP contribution is -1.98. The summed E-state index contributed by atoms with van der Waals surface area (Å²) < 4.78 is 6.82. The van der Waals surface area contributed by atoms with Crippen molar-refractivity contribution in [2.75, 3.05) is 0 Å². The Morgan fingerprint density at radius 3 is 1.45 bits per heavy atom. The second-order valence-corrected chi connectivity index (χ2v) is 14.0. The predicted octanol–water partition coefficient (Wildman–Crippen LogP) is 12.4. The van der Waals surface area contributed by atoms with Crippen LogP contribution in [0.25, 0.3) is 93.6 Å². The molecule has 0 saturated heterocycles. The molecule has 5 heteroatoms. The van der Waals surface area contributed by atoms with Gasteiger partial charge in [-0.15, -0.1) is 0 Å². The highest BCUT2D eigenvalue weighted by atomic mass is 15.0. The molecule has 11 aromatic rings. The maximum absolute atomic E-state index is 10.2. The van der Waals surface area contributed by atoms with Gasteiger partial charge in [0.15, 0.2) is 0 Å². The molecule has 5 nitrogen and oxygen atoms in total. The molecule has 11 rings (SSSR count). The number of fused-ring (bicyclic) bond motifs is 9. The molecule has 0 aliphatic heterocycles. The molecule has 0 N–H and O–H groups in total. The Bertz CT molecular complexity index is 3400. The van der Waals surface area contributed by atoms with Crippen molar-refractivity contribution in [3.63, 3.8) is 0 Å². The van der Waals surface area contributed by atoms with E-state index in [1.54, 1.807) is 0 Å². The molecular formula is C50H29N5. The molecule has 55 heavy (non-hydrogen) atoms. The average Bonchev–Trinajstić information content (AvgIpc) is 3.89. The van der Waals surface area contributed by atoms with Crippen molar-refractivity contribution >= 4 is 65.4 Å². The number of aromatic nitrogens is 3. The Hall–Kier alpha value is -7.86. The normalized spacial score (nSPS) is 11.6. The van der Waals surface area contributed by atoms with Gasteiger partial charge in [-0.1, -0.05) is 97.1 Å². The zero-order valence-corrected chi connectivity index (χ0v) is 29.5. The van der Waals surface area contributed by atoms with Crippen molar-refractivity contribution in [3.05, 3.63) is 187 Å². The minimum Gasteiger partial charge on any atom is -0.309 e. The molecular weight excluding hydrogens is 671 g/mol. The van der Waals surface area contributed by atoms with Crippen molar-refractivity contribution in [1.29, 1.82) is 10.5 Å². The molecule has 0 atom stereocenters. The van der Waals surface area contributed by atoms with Crippen LogP contribution in [0.1, 0.15) is 11.1 Å². The second-order valence-electron chi connectivity index (χ2n) is 14.0. The summed E-state index contributed by atoms with van der Waals surface area (Å²) in [6.07, 6.45) is 0. The van der Waals surface area contributed by atoms with Gasteiger partial charge in [0, 0.05) is 49.4 Å². The zero-order chi connectivity index (χ0) is 36.6. The van der Waals surface area contributed by atoms with E-state index in [9.17, 15) is 10.5 Å². The van der Waals surface area contributed by atoms with E-state index >= 15 is 0 Å². The predicted molar refractivity (Wildman–Crippen MR) is 224 cm³/mol. The minimum atomic E-state index is 0.554. The van der Waals surface area contributed by atoms with E-state index in [-0.39, 0.29) is 0 Å². The summed E-state index contributed by atoms with van der Waals surface area (Å²) in [6.45, 7) is 0. The van der Waals surface area contributed by atoms with Crippen LogP contribution in [-0.2, 0) is 0 Å². The van der Waals surface area contributed by atoms with E-state index in [0.717, 1.165) is 61.0 Å². The minimum absolute atomic E-state index is 0.554. The van der Waals surface area contributed by atoms with E-state index in [1.807, 2.05) is 36.4 Å². The van der Waals surface area contributed by atoms with Crippen molar-refractivity contribution in [2.45, 2.75) is 0 Å². The largest absolute Gasteiger partial charge is 0.309 e. The highest BCUT2D eigenvalue weighted by molar-refractivity contribution is 6.13.